The maximum Gasteiger partial charge on any atom is -0.00174 e. The molecule has 0 heteroatoms. The van der Waals surface area contributed by atoms with E-state index >= 15 is 0 Å². The molecule has 0 aromatic carbocycles. The number of hydrogen-bond donors (Lipinski definition) is 0. The van der Waals surface area contributed by atoms with Crippen LogP contribution in [0.15, 0.2) is 119 Å². The molecule has 0 aliphatic heterocycles. The first-order valence-corrected chi connectivity index (χ1v) is 15.7. The van der Waals surface area contributed by atoms with Gasteiger partial charge in [-0.25, -0.2) is 0 Å². The topological polar surface area (TPSA) is 0 Å². The highest BCUT2D eigenvalue weighted by molar-refractivity contribution is 5.26. The van der Waals surface area contributed by atoms with E-state index in [4.69, 9.17) is 0 Å². The standard InChI is InChI=1S/C9H12.2C8H12.2C7H10/c1-2-8-5-7-3-4-9(8)6-7;2*1-2-8-6-4-3-5-7-8;2*1-2-7-5-3-4-6-7/h2-4,7,9H,5-6H2,1H3;2,4,6H,3,5,7H2,1H3;2-4H,5-7H2,1H3;2-3,5H,4,6H2,1H3;2-4H,5-6H2,1H3/b8-2-;2*8-2+;7-2-;. The predicted molar refractivity (Wildman–Crippen MR) is 177 cm³/mol. The van der Waals surface area contributed by atoms with Gasteiger partial charge in [-0.2, -0.15) is 0 Å². The van der Waals surface area contributed by atoms with Crippen LogP contribution in [0.25, 0.3) is 0 Å². The molecule has 0 N–H and O–H groups in total. The SMILES string of the molecule is C/C=C1/C=CCC1.C/C=C1/CC2C=CC1C2.C/C=C1\C=CCCC1.C/C=C1\CC=CCC1.CC=C1CC=CC1. The van der Waals surface area contributed by atoms with Crippen molar-refractivity contribution in [3.05, 3.63) is 119 Å². The fourth-order valence-electron chi connectivity index (χ4n) is 5.55. The summed E-state index contributed by atoms with van der Waals surface area (Å²) in [6.07, 6.45) is 48.9. The van der Waals surface area contributed by atoms with E-state index in [9.17, 15) is 0 Å². The first-order valence-electron chi connectivity index (χ1n) is 15.7. The van der Waals surface area contributed by atoms with E-state index in [0.717, 1.165) is 11.8 Å². The van der Waals surface area contributed by atoms with E-state index in [1.54, 1.807) is 16.7 Å². The van der Waals surface area contributed by atoms with Crippen LogP contribution in [-0.4, -0.2) is 0 Å². The average molecular weight is 525 g/mol. The van der Waals surface area contributed by atoms with Crippen LogP contribution < -0.4 is 0 Å². The van der Waals surface area contributed by atoms with Gasteiger partial charge in [0.15, 0.2) is 0 Å². The Morgan fingerprint density at radius 2 is 1.18 bits per heavy atom. The monoisotopic (exact) mass is 524 g/mol. The zero-order chi connectivity index (χ0) is 28.1. The number of hydrogen-bond acceptors (Lipinski definition) is 0. The Morgan fingerprint density at radius 1 is 0.564 bits per heavy atom. The maximum absolute atomic E-state index is 2.37. The van der Waals surface area contributed by atoms with Crippen LogP contribution >= 0.6 is 0 Å². The molecule has 1 saturated carbocycles. The van der Waals surface area contributed by atoms with Gasteiger partial charge in [0.1, 0.15) is 0 Å². The summed E-state index contributed by atoms with van der Waals surface area (Å²) >= 11 is 0. The lowest BCUT2D eigenvalue weighted by molar-refractivity contribution is 0.693. The first kappa shape index (κ1) is 32.6. The van der Waals surface area contributed by atoms with Crippen molar-refractivity contribution in [2.75, 3.05) is 0 Å². The van der Waals surface area contributed by atoms with E-state index in [-0.39, 0.29) is 0 Å². The molecule has 212 valence electrons. The minimum absolute atomic E-state index is 0.833. The van der Waals surface area contributed by atoms with Crippen LogP contribution in [0.4, 0.5) is 0 Å². The second kappa shape index (κ2) is 20.3. The molecule has 0 aromatic rings. The second-order valence-electron chi connectivity index (χ2n) is 11.0. The van der Waals surface area contributed by atoms with Crippen molar-refractivity contribution in [3.8, 4) is 0 Å². The van der Waals surface area contributed by atoms with E-state index in [2.05, 4.69) is 126 Å². The highest BCUT2D eigenvalue weighted by Crippen LogP contribution is 2.42. The smallest absolute Gasteiger partial charge is 0.00174 e. The highest BCUT2D eigenvalue weighted by atomic mass is 14.3. The van der Waals surface area contributed by atoms with Crippen molar-refractivity contribution in [2.24, 2.45) is 11.8 Å². The Bertz CT molecular complexity index is 996. The summed E-state index contributed by atoms with van der Waals surface area (Å²) in [5, 5.41) is 0. The molecular weight excluding hydrogens is 468 g/mol. The Morgan fingerprint density at radius 3 is 1.49 bits per heavy atom. The molecule has 6 aliphatic carbocycles. The summed E-state index contributed by atoms with van der Waals surface area (Å²) in [7, 11) is 0. The Balaban J connectivity index is 0.000000172. The second-order valence-corrected chi connectivity index (χ2v) is 11.0. The number of rotatable bonds is 0. The molecule has 0 heterocycles. The Labute approximate surface area is 242 Å². The zero-order valence-electron chi connectivity index (χ0n) is 25.8. The molecule has 0 saturated heterocycles. The summed E-state index contributed by atoms with van der Waals surface area (Å²) in [5.41, 5.74) is 7.80. The molecule has 2 bridgehead atoms. The van der Waals surface area contributed by atoms with Crippen molar-refractivity contribution in [1.82, 2.24) is 0 Å². The molecule has 2 atom stereocenters. The van der Waals surface area contributed by atoms with Gasteiger partial charge < -0.3 is 0 Å². The normalized spacial score (nSPS) is 27.6. The summed E-state index contributed by atoms with van der Waals surface area (Å²) in [6, 6.07) is 0. The van der Waals surface area contributed by atoms with Gasteiger partial charge in [-0.05, 0) is 124 Å². The van der Waals surface area contributed by atoms with Gasteiger partial charge in [-0.15, -0.1) is 0 Å². The molecule has 0 amide bonds. The van der Waals surface area contributed by atoms with Crippen molar-refractivity contribution in [2.45, 2.75) is 112 Å². The summed E-state index contributed by atoms with van der Waals surface area (Å²) in [5.74, 6) is 1.74. The van der Waals surface area contributed by atoms with Gasteiger partial charge in [0.05, 0.1) is 0 Å². The summed E-state index contributed by atoms with van der Waals surface area (Å²) in [6.45, 7) is 10.6. The van der Waals surface area contributed by atoms with Crippen LogP contribution in [0, 0.1) is 11.8 Å². The van der Waals surface area contributed by atoms with Gasteiger partial charge in [-0.3, -0.25) is 0 Å². The third-order valence-corrected chi connectivity index (χ3v) is 8.28. The molecule has 1 fully saturated rings. The van der Waals surface area contributed by atoms with Gasteiger partial charge >= 0.3 is 0 Å². The predicted octanol–water partition coefficient (Wildman–Crippen LogP) is 12.4. The van der Waals surface area contributed by atoms with Crippen LogP contribution in [0.5, 0.6) is 0 Å². The average Bonchev–Trinajstić information content (AvgIpc) is 3.85. The fourth-order valence-corrected chi connectivity index (χ4v) is 5.55. The molecule has 2 unspecified atom stereocenters. The van der Waals surface area contributed by atoms with Gasteiger partial charge in [0, 0.05) is 0 Å². The van der Waals surface area contributed by atoms with Crippen molar-refractivity contribution in [1.29, 1.82) is 0 Å². The quantitative estimate of drug-likeness (QED) is 0.276. The lowest BCUT2D eigenvalue weighted by Crippen LogP contribution is -1.90. The van der Waals surface area contributed by atoms with E-state index in [1.807, 2.05) is 0 Å². The summed E-state index contributed by atoms with van der Waals surface area (Å²) < 4.78 is 0. The van der Waals surface area contributed by atoms with Crippen LogP contribution in [0.3, 0.4) is 0 Å². The van der Waals surface area contributed by atoms with Crippen molar-refractivity contribution >= 4 is 0 Å². The first-order chi connectivity index (χ1) is 19.1. The van der Waals surface area contributed by atoms with E-state index in [1.165, 1.54) is 88.2 Å². The van der Waals surface area contributed by atoms with Crippen LogP contribution in [-0.2, 0) is 0 Å². The third-order valence-electron chi connectivity index (χ3n) is 8.28. The molecule has 0 radical (unpaired) electrons. The molecule has 6 rings (SSSR count). The maximum atomic E-state index is 2.37. The largest absolute Gasteiger partial charge is 0.0881 e. The number of fused-ring (bicyclic) bond motifs is 2. The Hall–Kier alpha value is -2.60. The highest BCUT2D eigenvalue weighted by Gasteiger charge is 2.29. The molecule has 39 heavy (non-hydrogen) atoms. The Kier molecular flexibility index (Phi) is 17.0. The van der Waals surface area contributed by atoms with Gasteiger partial charge in [-0.1, -0.05) is 119 Å². The van der Waals surface area contributed by atoms with Crippen LogP contribution in [0.1, 0.15) is 112 Å². The molecule has 0 aromatic heterocycles. The molecule has 0 nitrogen and oxygen atoms in total. The van der Waals surface area contributed by atoms with Crippen LogP contribution in [0.2, 0.25) is 0 Å². The van der Waals surface area contributed by atoms with Crippen molar-refractivity contribution < 1.29 is 0 Å². The minimum atomic E-state index is 0.833. The molecule has 6 aliphatic rings. The van der Waals surface area contributed by atoms with Gasteiger partial charge in [0.25, 0.3) is 0 Å². The molecule has 0 spiro atoms. The fraction of sp³-hybridized carbons (Fsp3) is 0.487. The lowest BCUT2D eigenvalue weighted by Gasteiger charge is -2.05. The van der Waals surface area contributed by atoms with Gasteiger partial charge in [0.2, 0.25) is 0 Å². The lowest BCUT2D eigenvalue weighted by atomic mass is 10.0. The minimum Gasteiger partial charge on any atom is -0.0881 e. The van der Waals surface area contributed by atoms with E-state index in [0.29, 0.717) is 0 Å². The third kappa shape index (κ3) is 13.3. The zero-order valence-corrected chi connectivity index (χ0v) is 25.8. The van der Waals surface area contributed by atoms with E-state index < -0.39 is 0 Å². The summed E-state index contributed by atoms with van der Waals surface area (Å²) in [4.78, 5) is 0. The number of allylic oxidation sites excluding steroid dienone is 20. The molecular formula is C39H56. The van der Waals surface area contributed by atoms with Crippen molar-refractivity contribution in [3.63, 3.8) is 0 Å².